The van der Waals surface area contributed by atoms with Crippen LogP contribution >= 0.6 is 0 Å². The van der Waals surface area contributed by atoms with E-state index in [9.17, 15) is 0 Å². The Morgan fingerprint density at radius 3 is 1.86 bits per heavy atom. The molecule has 0 spiro atoms. The minimum absolute atomic E-state index is 0.383. The molecule has 0 amide bonds. The predicted octanol–water partition coefficient (Wildman–Crippen LogP) is 3.34. The highest BCUT2D eigenvalue weighted by Crippen LogP contribution is 2.19. The van der Waals surface area contributed by atoms with Gasteiger partial charge in [-0.1, -0.05) is 60.7 Å². The maximum atomic E-state index is 5.63. The van der Waals surface area contributed by atoms with Crippen molar-refractivity contribution >= 4 is 6.01 Å². The van der Waals surface area contributed by atoms with Gasteiger partial charge in [0.1, 0.15) is 6.26 Å². The minimum atomic E-state index is 0.383. The van der Waals surface area contributed by atoms with Crippen molar-refractivity contribution in [3.8, 4) is 0 Å². The molecular weight excluding hydrogens is 274 g/mol. The van der Waals surface area contributed by atoms with Crippen LogP contribution in [0.5, 0.6) is 0 Å². The molecule has 22 heavy (non-hydrogen) atoms. The lowest BCUT2D eigenvalue weighted by molar-refractivity contribution is 0.529. The predicted molar refractivity (Wildman–Crippen MR) is 87.2 cm³/mol. The van der Waals surface area contributed by atoms with Gasteiger partial charge in [-0.3, -0.25) is 0 Å². The van der Waals surface area contributed by atoms with Gasteiger partial charge in [0.25, 0.3) is 6.01 Å². The van der Waals surface area contributed by atoms with E-state index >= 15 is 0 Å². The molecule has 0 saturated carbocycles. The standard InChI is InChI=1S/C18H19N3O/c19-11-17-14-22-18(20-17)21(12-15-7-3-1-4-8-15)13-16-9-5-2-6-10-16/h1-10,14H,11-13,19H2. The number of hydrogen-bond acceptors (Lipinski definition) is 4. The van der Waals surface area contributed by atoms with Crippen LogP contribution in [0.2, 0.25) is 0 Å². The second-order valence-corrected chi connectivity index (χ2v) is 5.15. The van der Waals surface area contributed by atoms with Gasteiger partial charge in [0.15, 0.2) is 0 Å². The first-order valence-corrected chi connectivity index (χ1v) is 7.32. The normalized spacial score (nSPS) is 10.6. The summed E-state index contributed by atoms with van der Waals surface area (Å²) in [6, 6.07) is 21.2. The van der Waals surface area contributed by atoms with Gasteiger partial charge in [-0.2, -0.15) is 4.98 Å². The summed E-state index contributed by atoms with van der Waals surface area (Å²) in [6.45, 7) is 1.86. The molecule has 0 bridgehead atoms. The Labute approximate surface area is 130 Å². The lowest BCUT2D eigenvalue weighted by Gasteiger charge is -2.21. The highest BCUT2D eigenvalue weighted by molar-refractivity contribution is 5.33. The second kappa shape index (κ2) is 6.91. The molecule has 0 unspecified atom stereocenters. The van der Waals surface area contributed by atoms with Crippen molar-refractivity contribution in [1.29, 1.82) is 0 Å². The van der Waals surface area contributed by atoms with Crippen LogP contribution in [0.15, 0.2) is 71.3 Å². The van der Waals surface area contributed by atoms with Crippen LogP contribution < -0.4 is 10.6 Å². The van der Waals surface area contributed by atoms with Crippen molar-refractivity contribution in [2.45, 2.75) is 19.6 Å². The Morgan fingerprint density at radius 1 is 0.864 bits per heavy atom. The van der Waals surface area contributed by atoms with E-state index in [0.29, 0.717) is 12.6 Å². The molecule has 2 N–H and O–H groups in total. The Balaban J connectivity index is 1.84. The third-order valence-corrected chi connectivity index (χ3v) is 3.45. The summed E-state index contributed by atoms with van der Waals surface area (Å²) in [7, 11) is 0. The number of anilines is 1. The molecule has 2 aromatic carbocycles. The Kier molecular flexibility index (Phi) is 4.51. The average Bonchev–Trinajstić information content (AvgIpc) is 3.05. The summed E-state index contributed by atoms with van der Waals surface area (Å²) in [6.07, 6.45) is 1.62. The van der Waals surface area contributed by atoms with Crippen molar-refractivity contribution < 1.29 is 4.42 Å². The van der Waals surface area contributed by atoms with E-state index < -0.39 is 0 Å². The first-order chi connectivity index (χ1) is 10.8. The molecule has 112 valence electrons. The molecule has 0 saturated heterocycles. The molecule has 0 fully saturated rings. The maximum absolute atomic E-state index is 5.63. The molecule has 1 heterocycles. The monoisotopic (exact) mass is 293 g/mol. The second-order valence-electron chi connectivity index (χ2n) is 5.15. The van der Waals surface area contributed by atoms with Crippen molar-refractivity contribution in [3.63, 3.8) is 0 Å². The van der Waals surface area contributed by atoms with E-state index in [4.69, 9.17) is 10.2 Å². The summed E-state index contributed by atoms with van der Waals surface area (Å²) >= 11 is 0. The van der Waals surface area contributed by atoms with E-state index in [0.717, 1.165) is 18.8 Å². The molecule has 0 aliphatic carbocycles. The van der Waals surface area contributed by atoms with Gasteiger partial charge < -0.3 is 15.1 Å². The summed E-state index contributed by atoms with van der Waals surface area (Å²) < 4.78 is 5.60. The Morgan fingerprint density at radius 2 is 1.41 bits per heavy atom. The van der Waals surface area contributed by atoms with Crippen molar-refractivity contribution in [2.24, 2.45) is 5.73 Å². The zero-order valence-corrected chi connectivity index (χ0v) is 12.4. The van der Waals surface area contributed by atoms with Crippen LogP contribution in [-0.2, 0) is 19.6 Å². The summed E-state index contributed by atoms with van der Waals surface area (Å²) in [5.74, 6) is 0. The molecule has 0 atom stereocenters. The number of nitrogens with zero attached hydrogens (tertiary/aromatic N) is 2. The molecule has 0 aliphatic rings. The van der Waals surface area contributed by atoms with E-state index in [1.807, 2.05) is 36.4 Å². The first-order valence-electron chi connectivity index (χ1n) is 7.32. The fraction of sp³-hybridized carbons (Fsp3) is 0.167. The van der Waals surface area contributed by atoms with Gasteiger partial charge in [-0.05, 0) is 11.1 Å². The zero-order chi connectivity index (χ0) is 15.2. The van der Waals surface area contributed by atoms with Gasteiger partial charge in [0.05, 0.1) is 5.69 Å². The van der Waals surface area contributed by atoms with Crippen LogP contribution in [0.1, 0.15) is 16.8 Å². The third kappa shape index (κ3) is 3.54. The van der Waals surface area contributed by atoms with Crippen LogP contribution in [0.25, 0.3) is 0 Å². The van der Waals surface area contributed by atoms with Gasteiger partial charge in [-0.25, -0.2) is 0 Å². The number of benzene rings is 2. The van der Waals surface area contributed by atoms with E-state index in [-0.39, 0.29) is 0 Å². The van der Waals surface area contributed by atoms with Gasteiger partial charge in [0.2, 0.25) is 0 Å². The fourth-order valence-corrected chi connectivity index (χ4v) is 2.33. The summed E-state index contributed by atoms with van der Waals surface area (Å²) in [5, 5.41) is 0. The van der Waals surface area contributed by atoms with Crippen LogP contribution in [0.3, 0.4) is 0 Å². The molecule has 1 aromatic heterocycles. The number of rotatable bonds is 6. The fourth-order valence-electron chi connectivity index (χ4n) is 2.33. The lowest BCUT2D eigenvalue weighted by atomic mass is 10.2. The van der Waals surface area contributed by atoms with E-state index in [1.54, 1.807) is 6.26 Å². The van der Waals surface area contributed by atoms with Gasteiger partial charge >= 0.3 is 0 Å². The SMILES string of the molecule is NCc1coc(N(Cc2ccccc2)Cc2ccccc2)n1. The Hall–Kier alpha value is -2.59. The van der Waals surface area contributed by atoms with Crippen LogP contribution in [-0.4, -0.2) is 4.98 Å². The molecule has 3 aromatic rings. The molecule has 0 radical (unpaired) electrons. The smallest absolute Gasteiger partial charge is 0.298 e. The summed E-state index contributed by atoms with van der Waals surface area (Å²) in [4.78, 5) is 6.57. The highest BCUT2D eigenvalue weighted by atomic mass is 16.4. The molecule has 3 rings (SSSR count). The van der Waals surface area contributed by atoms with Gasteiger partial charge in [0, 0.05) is 19.6 Å². The number of nitrogens with two attached hydrogens (primary N) is 1. The lowest BCUT2D eigenvalue weighted by Crippen LogP contribution is -2.22. The highest BCUT2D eigenvalue weighted by Gasteiger charge is 2.14. The number of oxazole rings is 1. The minimum Gasteiger partial charge on any atom is -0.432 e. The van der Waals surface area contributed by atoms with Crippen LogP contribution in [0.4, 0.5) is 6.01 Å². The zero-order valence-electron chi connectivity index (χ0n) is 12.4. The number of hydrogen-bond donors (Lipinski definition) is 1. The largest absolute Gasteiger partial charge is 0.432 e. The quantitative estimate of drug-likeness (QED) is 0.757. The van der Waals surface area contributed by atoms with Crippen molar-refractivity contribution in [3.05, 3.63) is 83.7 Å². The molecule has 0 aliphatic heterocycles. The average molecular weight is 293 g/mol. The topological polar surface area (TPSA) is 55.3 Å². The Bertz CT molecular complexity index is 653. The first kappa shape index (κ1) is 14.4. The van der Waals surface area contributed by atoms with Crippen LogP contribution in [0, 0.1) is 0 Å². The third-order valence-electron chi connectivity index (χ3n) is 3.45. The van der Waals surface area contributed by atoms with Crippen molar-refractivity contribution in [2.75, 3.05) is 4.90 Å². The van der Waals surface area contributed by atoms with E-state index in [1.165, 1.54) is 11.1 Å². The van der Waals surface area contributed by atoms with Crippen molar-refractivity contribution in [1.82, 2.24) is 4.98 Å². The van der Waals surface area contributed by atoms with Gasteiger partial charge in [-0.15, -0.1) is 0 Å². The maximum Gasteiger partial charge on any atom is 0.298 e. The van der Waals surface area contributed by atoms with E-state index in [2.05, 4.69) is 34.1 Å². The summed E-state index contributed by atoms with van der Waals surface area (Å²) in [5.41, 5.74) is 8.82. The molecular formula is C18H19N3O. The number of aromatic nitrogens is 1. The molecule has 4 heteroatoms. The molecule has 4 nitrogen and oxygen atoms in total.